The Bertz CT molecular complexity index is 506. The van der Waals surface area contributed by atoms with Crippen molar-refractivity contribution in [1.29, 1.82) is 0 Å². The van der Waals surface area contributed by atoms with Crippen LogP contribution in [0.1, 0.15) is 24.6 Å². The van der Waals surface area contributed by atoms with Crippen molar-refractivity contribution in [1.82, 2.24) is 4.72 Å². The van der Waals surface area contributed by atoms with Crippen LogP contribution < -0.4 is 4.72 Å². The summed E-state index contributed by atoms with van der Waals surface area (Å²) in [5.74, 6) is 0. The quantitative estimate of drug-likeness (QED) is 0.826. The molecule has 1 aromatic heterocycles. The number of hydrogen-bond acceptors (Lipinski definition) is 5. The predicted molar refractivity (Wildman–Crippen MR) is 73.9 cm³/mol. The lowest BCUT2D eigenvalue weighted by Crippen LogP contribution is -2.40. The van der Waals surface area contributed by atoms with Crippen molar-refractivity contribution in [3.05, 3.63) is 17.0 Å². The van der Waals surface area contributed by atoms with Crippen molar-refractivity contribution in [3.63, 3.8) is 0 Å². The zero-order valence-corrected chi connectivity index (χ0v) is 12.5. The first kappa shape index (κ1) is 14.9. The van der Waals surface area contributed by atoms with Gasteiger partial charge in [0.05, 0.1) is 6.10 Å². The molecule has 0 aliphatic carbocycles. The smallest absolute Gasteiger partial charge is 0.250 e. The average Bonchev–Trinajstić information content (AvgIpc) is 2.99. The Hall–Kier alpha value is -0.470. The van der Waals surface area contributed by atoms with Crippen molar-refractivity contribution >= 4 is 21.4 Å². The highest BCUT2D eigenvalue weighted by atomic mass is 32.2. The highest BCUT2D eigenvalue weighted by Crippen LogP contribution is 2.23. The Labute approximate surface area is 117 Å². The van der Waals surface area contributed by atoms with Crippen molar-refractivity contribution < 1.29 is 18.3 Å². The molecule has 0 radical (unpaired) electrons. The van der Waals surface area contributed by atoms with Crippen LogP contribution in [0.5, 0.6) is 0 Å². The maximum atomic E-state index is 12.2. The monoisotopic (exact) mass is 305 g/mol. The van der Waals surface area contributed by atoms with Crippen molar-refractivity contribution in [3.8, 4) is 0 Å². The van der Waals surface area contributed by atoms with Crippen LogP contribution in [0, 0.1) is 0 Å². The summed E-state index contributed by atoms with van der Waals surface area (Å²) in [4.78, 5) is 0.868. The van der Waals surface area contributed by atoms with Gasteiger partial charge in [0, 0.05) is 30.6 Å². The highest BCUT2D eigenvalue weighted by Gasteiger charge is 2.27. The number of aliphatic hydroxyl groups excluding tert-OH is 1. The van der Waals surface area contributed by atoms with E-state index in [0.717, 1.165) is 17.7 Å². The van der Waals surface area contributed by atoms with Gasteiger partial charge in [0.2, 0.25) is 10.0 Å². The van der Waals surface area contributed by atoms with Crippen molar-refractivity contribution in [2.45, 2.75) is 42.5 Å². The predicted octanol–water partition coefficient (Wildman–Crippen LogP) is 1.13. The van der Waals surface area contributed by atoms with Crippen molar-refractivity contribution in [2.75, 3.05) is 13.2 Å². The van der Waals surface area contributed by atoms with Gasteiger partial charge in [0.25, 0.3) is 0 Å². The second-order valence-electron chi connectivity index (χ2n) is 4.66. The third-order valence-corrected chi connectivity index (χ3v) is 6.32. The van der Waals surface area contributed by atoms with E-state index >= 15 is 0 Å². The van der Waals surface area contributed by atoms with Crippen LogP contribution in [0.25, 0.3) is 0 Å². The lowest BCUT2D eigenvalue weighted by atomic mass is 10.1. The molecule has 0 amide bonds. The number of thiophene rings is 1. The Kier molecular flexibility index (Phi) is 4.97. The van der Waals surface area contributed by atoms with Gasteiger partial charge >= 0.3 is 0 Å². The minimum Gasteiger partial charge on any atom is -0.396 e. The Morgan fingerprint density at radius 2 is 2.37 bits per heavy atom. The van der Waals surface area contributed by atoms with E-state index < -0.39 is 10.0 Å². The SMILES string of the molecule is CC(NS(=O)(=O)c1ccc(CCO)s1)C1CCCO1. The van der Waals surface area contributed by atoms with E-state index in [2.05, 4.69) is 4.72 Å². The molecular formula is C12H19NO4S2. The maximum Gasteiger partial charge on any atom is 0.250 e. The van der Waals surface area contributed by atoms with Gasteiger partial charge in [-0.3, -0.25) is 0 Å². The minimum absolute atomic E-state index is 0.0275. The molecule has 1 aromatic rings. The van der Waals surface area contributed by atoms with Crippen LogP contribution in [-0.4, -0.2) is 38.9 Å². The second kappa shape index (κ2) is 6.32. The molecule has 2 rings (SSSR count). The molecule has 2 unspecified atom stereocenters. The van der Waals surface area contributed by atoms with E-state index in [1.54, 1.807) is 12.1 Å². The molecule has 1 aliphatic heterocycles. The standard InChI is InChI=1S/C12H19NO4S2/c1-9(11-3-2-8-17-11)13-19(15,16)12-5-4-10(18-12)6-7-14/h4-5,9,11,13-14H,2-3,6-8H2,1H3. The Balaban J connectivity index is 2.03. The molecule has 7 heteroatoms. The average molecular weight is 305 g/mol. The molecule has 1 saturated heterocycles. The summed E-state index contributed by atoms with van der Waals surface area (Å²) in [5.41, 5.74) is 0. The van der Waals surface area contributed by atoms with E-state index in [4.69, 9.17) is 9.84 Å². The molecule has 19 heavy (non-hydrogen) atoms. The van der Waals surface area contributed by atoms with Gasteiger partial charge in [0.15, 0.2) is 0 Å². The fourth-order valence-corrected chi connectivity index (χ4v) is 4.76. The Morgan fingerprint density at radius 1 is 1.58 bits per heavy atom. The third kappa shape index (κ3) is 3.76. The van der Waals surface area contributed by atoms with Crippen LogP contribution in [-0.2, 0) is 21.2 Å². The highest BCUT2D eigenvalue weighted by molar-refractivity contribution is 7.91. The first-order valence-electron chi connectivity index (χ1n) is 6.36. The lowest BCUT2D eigenvalue weighted by Gasteiger charge is -2.19. The molecule has 1 fully saturated rings. The molecule has 0 bridgehead atoms. The molecule has 0 spiro atoms. The Morgan fingerprint density at radius 3 is 3.00 bits per heavy atom. The molecule has 108 valence electrons. The van der Waals surface area contributed by atoms with Crippen LogP contribution in [0.2, 0.25) is 0 Å². The summed E-state index contributed by atoms with van der Waals surface area (Å²) in [7, 11) is -3.49. The van der Waals surface area contributed by atoms with E-state index in [0.29, 0.717) is 17.2 Å². The van der Waals surface area contributed by atoms with Crippen LogP contribution in [0.4, 0.5) is 0 Å². The molecule has 2 N–H and O–H groups in total. The normalized spacial score (nSPS) is 21.7. The third-order valence-electron chi connectivity index (χ3n) is 3.12. The molecule has 1 aliphatic rings. The fourth-order valence-electron chi connectivity index (χ4n) is 2.12. The fraction of sp³-hybridized carbons (Fsp3) is 0.667. The van der Waals surface area contributed by atoms with Gasteiger partial charge in [-0.1, -0.05) is 0 Å². The lowest BCUT2D eigenvalue weighted by molar-refractivity contribution is 0.0902. The van der Waals surface area contributed by atoms with Crippen LogP contribution in [0.3, 0.4) is 0 Å². The molecule has 2 heterocycles. The summed E-state index contributed by atoms with van der Waals surface area (Å²) in [6.45, 7) is 2.56. The molecule has 0 aromatic carbocycles. The number of sulfonamides is 1. The van der Waals surface area contributed by atoms with E-state index in [9.17, 15) is 8.42 Å². The largest absolute Gasteiger partial charge is 0.396 e. The van der Waals surface area contributed by atoms with Gasteiger partial charge in [-0.15, -0.1) is 11.3 Å². The molecule has 0 saturated carbocycles. The number of ether oxygens (including phenoxy) is 1. The summed E-state index contributed by atoms with van der Waals surface area (Å²) in [6, 6.07) is 3.10. The van der Waals surface area contributed by atoms with E-state index in [1.165, 1.54) is 11.3 Å². The zero-order valence-electron chi connectivity index (χ0n) is 10.8. The summed E-state index contributed by atoms with van der Waals surface area (Å²) in [6.07, 6.45) is 2.33. The minimum atomic E-state index is -3.49. The topological polar surface area (TPSA) is 75.6 Å². The van der Waals surface area contributed by atoms with Gasteiger partial charge in [-0.05, 0) is 31.9 Å². The molecule has 5 nitrogen and oxygen atoms in total. The molecular weight excluding hydrogens is 286 g/mol. The summed E-state index contributed by atoms with van der Waals surface area (Å²) >= 11 is 1.20. The van der Waals surface area contributed by atoms with Crippen LogP contribution in [0.15, 0.2) is 16.3 Å². The number of aliphatic hydroxyl groups is 1. The summed E-state index contributed by atoms with van der Waals surface area (Å²) < 4.78 is 32.8. The van der Waals surface area contributed by atoms with Crippen molar-refractivity contribution in [2.24, 2.45) is 0 Å². The van der Waals surface area contributed by atoms with Crippen LogP contribution >= 0.6 is 11.3 Å². The summed E-state index contributed by atoms with van der Waals surface area (Å²) in [5, 5.41) is 8.85. The number of nitrogens with one attached hydrogen (secondary N) is 1. The van der Waals surface area contributed by atoms with Gasteiger partial charge in [-0.2, -0.15) is 0 Å². The zero-order chi connectivity index (χ0) is 13.9. The maximum absolute atomic E-state index is 12.2. The van der Waals surface area contributed by atoms with Gasteiger partial charge in [-0.25, -0.2) is 13.1 Å². The molecule has 2 atom stereocenters. The van der Waals surface area contributed by atoms with Gasteiger partial charge in [0.1, 0.15) is 4.21 Å². The second-order valence-corrected chi connectivity index (χ2v) is 7.76. The van der Waals surface area contributed by atoms with E-state index in [-0.39, 0.29) is 18.8 Å². The first-order valence-corrected chi connectivity index (χ1v) is 8.66. The van der Waals surface area contributed by atoms with E-state index in [1.807, 2.05) is 6.92 Å². The van der Waals surface area contributed by atoms with Gasteiger partial charge < -0.3 is 9.84 Å². The number of hydrogen-bond donors (Lipinski definition) is 2. The number of rotatable bonds is 6. The first-order chi connectivity index (χ1) is 9.03.